The van der Waals surface area contributed by atoms with Crippen LogP contribution in [0.15, 0.2) is 35.2 Å². The van der Waals surface area contributed by atoms with Crippen LogP contribution in [0.4, 0.5) is 5.69 Å². The van der Waals surface area contributed by atoms with Gasteiger partial charge in [0.05, 0.1) is 18.1 Å². The molecule has 7 nitrogen and oxygen atoms in total. The average molecular weight is 351 g/mol. The molecule has 0 unspecified atom stereocenters. The summed E-state index contributed by atoms with van der Waals surface area (Å²) in [4.78, 5) is 9.90. The molecule has 2 aromatic carbocycles. The molecule has 0 heterocycles. The molecular weight excluding hydrogens is 334 g/mol. The van der Waals surface area contributed by atoms with Crippen molar-refractivity contribution >= 4 is 15.8 Å². The van der Waals surface area contributed by atoms with Crippen LogP contribution in [0, 0.1) is 30.9 Å². The molecule has 0 radical (unpaired) electrons. The van der Waals surface area contributed by atoms with Gasteiger partial charge < -0.3 is 8.92 Å². The van der Waals surface area contributed by atoms with E-state index in [2.05, 4.69) is 0 Å². The monoisotopic (exact) mass is 351 g/mol. The van der Waals surface area contributed by atoms with Crippen molar-refractivity contribution in [1.29, 1.82) is 0 Å². The van der Waals surface area contributed by atoms with Crippen LogP contribution >= 0.6 is 0 Å². The van der Waals surface area contributed by atoms with Crippen molar-refractivity contribution < 1.29 is 22.3 Å². The van der Waals surface area contributed by atoms with Crippen LogP contribution in [0.5, 0.6) is 11.5 Å². The Morgan fingerprint density at radius 2 is 1.67 bits per heavy atom. The Hall–Kier alpha value is -2.61. The smallest absolute Gasteiger partial charge is 0.346 e. The summed E-state index contributed by atoms with van der Waals surface area (Å²) < 4.78 is 35.3. The lowest BCUT2D eigenvalue weighted by Crippen LogP contribution is -2.13. The quantitative estimate of drug-likeness (QED) is 0.466. The number of benzene rings is 2. The van der Waals surface area contributed by atoms with E-state index in [1.54, 1.807) is 19.9 Å². The highest BCUT2D eigenvalue weighted by Gasteiger charge is 2.29. The molecule has 0 aliphatic heterocycles. The van der Waals surface area contributed by atoms with Crippen molar-refractivity contribution in [2.24, 2.45) is 0 Å². The molecule has 0 atom stereocenters. The average Bonchev–Trinajstić information content (AvgIpc) is 2.54. The number of methoxy groups -OCH3 is 1. The van der Waals surface area contributed by atoms with Crippen LogP contribution in [0.3, 0.4) is 0 Å². The van der Waals surface area contributed by atoms with Gasteiger partial charge in [0.25, 0.3) is 5.69 Å². The highest BCUT2D eigenvalue weighted by Crippen LogP contribution is 2.33. The minimum atomic E-state index is -4.37. The maximum atomic E-state index is 12.6. The molecular formula is C16H17NO6S. The first-order chi connectivity index (χ1) is 11.2. The Kier molecular flexibility index (Phi) is 4.79. The van der Waals surface area contributed by atoms with E-state index in [1.165, 1.54) is 13.2 Å². The topological polar surface area (TPSA) is 95.7 Å². The SMILES string of the molecule is COc1ccc(S(=O)(=O)Oc2c(C)ccc(C)c2C)c([N+](=O)[O-])c1. The van der Waals surface area contributed by atoms with Crippen molar-refractivity contribution in [3.8, 4) is 11.5 Å². The lowest BCUT2D eigenvalue weighted by Gasteiger charge is -2.14. The lowest BCUT2D eigenvalue weighted by atomic mass is 10.1. The van der Waals surface area contributed by atoms with Crippen molar-refractivity contribution in [3.63, 3.8) is 0 Å². The fourth-order valence-electron chi connectivity index (χ4n) is 2.19. The molecule has 0 amide bonds. The third kappa shape index (κ3) is 3.33. The van der Waals surface area contributed by atoms with Gasteiger partial charge in [0.1, 0.15) is 11.5 Å². The van der Waals surface area contributed by atoms with E-state index >= 15 is 0 Å². The zero-order chi connectivity index (χ0) is 18.1. The van der Waals surface area contributed by atoms with E-state index in [4.69, 9.17) is 8.92 Å². The van der Waals surface area contributed by atoms with Crippen LogP contribution < -0.4 is 8.92 Å². The predicted octanol–water partition coefficient (Wildman–Crippen LogP) is 3.30. The highest BCUT2D eigenvalue weighted by molar-refractivity contribution is 7.87. The van der Waals surface area contributed by atoms with E-state index in [1.807, 2.05) is 13.0 Å². The number of hydrogen-bond donors (Lipinski definition) is 0. The first-order valence-corrected chi connectivity index (χ1v) is 8.42. The van der Waals surface area contributed by atoms with Crippen LogP contribution in [0.2, 0.25) is 0 Å². The van der Waals surface area contributed by atoms with Gasteiger partial charge in [-0.3, -0.25) is 10.1 Å². The molecule has 0 saturated carbocycles. The van der Waals surface area contributed by atoms with Crippen LogP contribution in [0.25, 0.3) is 0 Å². The maximum absolute atomic E-state index is 12.6. The molecule has 128 valence electrons. The Labute approximate surface area is 140 Å². The number of nitro benzene ring substituents is 1. The number of aryl methyl sites for hydroxylation is 2. The normalized spacial score (nSPS) is 11.2. The Bertz CT molecular complexity index is 905. The molecule has 0 N–H and O–H groups in total. The van der Waals surface area contributed by atoms with Crippen molar-refractivity contribution in [2.75, 3.05) is 7.11 Å². The summed E-state index contributed by atoms with van der Waals surface area (Å²) in [7, 11) is -3.04. The van der Waals surface area contributed by atoms with Gasteiger partial charge in [-0.1, -0.05) is 12.1 Å². The molecule has 0 aliphatic carbocycles. The fourth-order valence-corrected chi connectivity index (χ4v) is 3.38. The summed E-state index contributed by atoms with van der Waals surface area (Å²) in [6.45, 7) is 5.26. The van der Waals surface area contributed by atoms with Gasteiger partial charge >= 0.3 is 10.1 Å². The van der Waals surface area contributed by atoms with Crippen LogP contribution in [-0.4, -0.2) is 20.5 Å². The van der Waals surface area contributed by atoms with Gasteiger partial charge in [-0.15, -0.1) is 0 Å². The molecule has 2 aromatic rings. The molecule has 24 heavy (non-hydrogen) atoms. The van der Waals surface area contributed by atoms with E-state index in [0.29, 0.717) is 11.1 Å². The van der Waals surface area contributed by atoms with Crippen molar-refractivity contribution in [2.45, 2.75) is 25.7 Å². The zero-order valence-electron chi connectivity index (χ0n) is 13.7. The molecule has 0 spiro atoms. The summed E-state index contributed by atoms with van der Waals surface area (Å²) in [6.07, 6.45) is 0. The summed E-state index contributed by atoms with van der Waals surface area (Å²) in [6, 6.07) is 7.06. The predicted molar refractivity (Wildman–Crippen MR) is 88.1 cm³/mol. The van der Waals surface area contributed by atoms with Gasteiger partial charge in [0.15, 0.2) is 4.90 Å². The Morgan fingerprint density at radius 3 is 2.25 bits per heavy atom. The van der Waals surface area contributed by atoms with E-state index in [0.717, 1.165) is 17.7 Å². The van der Waals surface area contributed by atoms with Gasteiger partial charge in [0, 0.05) is 0 Å². The number of hydrogen-bond acceptors (Lipinski definition) is 6. The second-order valence-electron chi connectivity index (χ2n) is 5.28. The minimum Gasteiger partial charge on any atom is -0.497 e. The maximum Gasteiger partial charge on any atom is 0.346 e. The molecule has 0 bridgehead atoms. The second-order valence-corrected chi connectivity index (χ2v) is 6.80. The van der Waals surface area contributed by atoms with Crippen molar-refractivity contribution in [3.05, 3.63) is 57.1 Å². The molecule has 0 fully saturated rings. The Balaban J connectivity index is 2.57. The van der Waals surface area contributed by atoms with Gasteiger partial charge in [-0.25, -0.2) is 0 Å². The summed E-state index contributed by atoms with van der Waals surface area (Å²) >= 11 is 0. The zero-order valence-corrected chi connectivity index (χ0v) is 14.5. The molecule has 0 aliphatic rings. The third-order valence-electron chi connectivity index (χ3n) is 3.70. The Morgan fingerprint density at radius 1 is 1.04 bits per heavy atom. The molecule has 0 aromatic heterocycles. The molecule has 8 heteroatoms. The number of nitrogens with zero attached hydrogens (tertiary/aromatic N) is 1. The van der Waals surface area contributed by atoms with E-state index < -0.39 is 25.6 Å². The summed E-state index contributed by atoms with van der Waals surface area (Å²) in [5, 5.41) is 11.2. The van der Waals surface area contributed by atoms with E-state index in [9.17, 15) is 18.5 Å². The van der Waals surface area contributed by atoms with Gasteiger partial charge in [0.2, 0.25) is 0 Å². The first kappa shape index (κ1) is 17.7. The van der Waals surface area contributed by atoms with Gasteiger partial charge in [-0.2, -0.15) is 8.42 Å². The van der Waals surface area contributed by atoms with Crippen LogP contribution in [-0.2, 0) is 10.1 Å². The summed E-state index contributed by atoms with van der Waals surface area (Å²) in [5.41, 5.74) is 1.54. The van der Waals surface area contributed by atoms with Gasteiger partial charge in [-0.05, 0) is 49.6 Å². The highest BCUT2D eigenvalue weighted by atomic mass is 32.2. The standard InChI is InChI=1S/C16H17NO6S/c1-10-5-6-11(2)16(12(10)3)23-24(20,21)15-8-7-13(22-4)9-14(15)17(18)19/h5-9H,1-4H3. The third-order valence-corrected chi connectivity index (χ3v) is 4.97. The van der Waals surface area contributed by atoms with Crippen molar-refractivity contribution in [1.82, 2.24) is 0 Å². The second kappa shape index (κ2) is 6.48. The first-order valence-electron chi connectivity index (χ1n) is 7.01. The molecule has 0 saturated heterocycles. The minimum absolute atomic E-state index is 0.181. The lowest BCUT2D eigenvalue weighted by molar-refractivity contribution is -0.388. The largest absolute Gasteiger partial charge is 0.497 e. The summed E-state index contributed by atoms with van der Waals surface area (Å²) in [5.74, 6) is 0.365. The van der Waals surface area contributed by atoms with Crippen LogP contribution in [0.1, 0.15) is 16.7 Å². The number of rotatable bonds is 5. The van der Waals surface area contributed by atoms with E-state index in [-0.39, 0.29) is 11.5 Å². The number of ether oxygens (including phenoxy) is 1. The number of nitro groups is 1. The fraction of sp³-hybridized carbons (Fsp3) is 0.250. The molecule has 2 rings (SSSR count).